The third-order valence-electron chi connectivity index (χ3n) is 2.98. The molecule has 0 saturated carbocycles. The fourth-order valence-electron chi connectivity index (χ4n) is 1.42. The fraction of sp³-hybridized carbons (Fsp3) is 0.923. The maximum absolute atomic E-state index is 11.7. The van der Waals surface area contributed by atoms with E-state index in [-0.39, 0.29) is 42.6 Å². The van der Waals surface area contributed by atoms with Crippen LogP contribution in [0.15, 0.2) is 0 Å². The fourth-order valence-corrected chi connectivity index (χ4v) is 2.46. The minimum Gasteiger partial charge on any atom is -0.354 e. The molecular weight excluding hydrogens is 278 g/mol. The number of amides is 1. The SMILES string of the molecule is CC(C)NCCS(=O)(=O)CCNC(=O)CN(C)C(C)C. The summed E-state index contributed by atoms with van der Waals surface area (Å²) in [5, 5.41) is 5.71. The second-order valence-corrected chi connectivity index (χ2v) is 7.92. The predicted octanol–water partition coefficient (Wildman–Crippen LogP) is -0.144. The molecule has 0 unspecified atom stereocenters. The molecule has 0 aliphatic carbocycles. The maximum Gasteiger partial charge on any atom is 0.234 e. The van der Waals surface area contributed by atoms with E-state index in [2.05, 4.69) is 10.6 Å². The topological polar surface area (TPSA) is 78.5 Å². The second-order valence-electron chi connectivity index (χ2n) is 5.62. The molecule has 20 heavy (non-hydrogen) atoms. The van der Waals surface area contributed by atoms with E-state index in [1.165, 1.54) is 0 Å². The molecule has 120 valence electrons. The van der Waals surface area contributed by atoms with Gasteiger partial charge in [0.15, 0.2) is 9.84 Å². The molecule has 0 saturated heterocycles. The van der Waals surface area contributed by atoms with Crippen molar-refractivity contribution in [3.05, 3.63) is 0 Å². The minimum absolute atomic E-state index is 0.0100. The molecular formula is C13H29N3O3S. The molecule has 0 rings (SSSR count). The lowest BCUT2D eigenvalue weighted by Crippen LogP contribution is -2.40. The first-order valence-electron chi connectivity index (χ1n) is 7.05. The van der Waals surface area contributed by atoms with Crippen molar-refractivity contribution in [2.24, 2.45) is 0 Å². The second kappa shape index (κ2) is 9.31. The number of nitrogens with zero attached hydrogens (tertiary/aromatic N) is 1. The molecule has 0 aromatic carbocycles. The van der Waals surface area contributed by atoms with Gasteiger partial charge in [0.25, 0.3) is 0 Å². The number of carbonyl (C=O) groups is 1. The normalized spacial score (nSPS) is 12.4. The van der Waals surface area contributed by atoms with Gasteiger partial charge in [-0.1, -0.05) is 13.8 Å². The summed E-state index contributed by atoms with van der Waals surface area (Å²) in [4.78, 5) is 13.5. The van der Waals surface area contributed by atoms with Gasteiger partial charge < -0.3 is 10.6 Å². The lowest BCUT2D eigenvalue weighted by molar-refractivity contribution is -0.122. The third kappa shape index (κ3) is 10.2. The molecule has 0 spiro atoms. The summed E-state index contributed by atoms with van der Waals surface area (Å²) in [6.07, 6.45) is 0. The molecule has 0 aliphatic rings. The van der Waals surface area contributed by atoms with Crippen LogP contribution in [-0.4, -0.2) is 69.5 Å². The molecule has 1 amide bonds. The third-order valence-corrected chi connectivity index (χ3v) is 4.63. The van der Waals surface area contributed by atoms with Crippen LogP contribution in [-0.2, 0) is 14.6 Å². The van der Waals surface area contributed by atoms with Crippen LogP contribution in [0.4, 0.5) is 0 Å². The molecule has 0 heterocycles. The highest BCUT2D eigenvalue weighted by molar-refractivity contribution is 7.91. The first kappa shape index (κ1) is 19.3. The van der Waals surface area contributed by atoms with E-state index in [0.29, 0.717) is 6.54 Å². The highest BCUT2D eigenvalue weighted by Crippen LogP contribution is 1.92. The first-order valence-corrected chi connectivity index (χ1v) is 8.87. The van der Waals surface area contributed by atoms with Crippen LogP contribution in [0.3, 0.4) is 0 Å². The first-order chi connectivity index (χ1) is 9.14. The average Bonchev–Trinajstić information content (AvgIpc) is 2.27. The van der Waals surface area contributed by atoms with E-state index in [1.807, 2.05) is 39.6 Å². The Morgan fingerprint density at radius 2 is 1.65 bits per heavy atom. The lowest BCUT2D eigenvalue weighted by Gasteiger charge is -2.20. The van der Waals surface area contributed by atoms with E-state index >= 15 is 0 Å². The summed E-state index contributed by atoms with van der Waals surface area (Å²) >= 11 is 0. The van der Waals surface area contributed by atoms with Gasteiger partial charge in [-0.25, -0.2) is 8.42 Å². The van der Waals surface area contributed by atoms with E-state index in [1.54, 1.807) is 0 Å². The van der Waals surface area contributed by atoms with Crippen LogP contribution in [0.25, 0.3) is 0 Å². The Morgan fingerprint density at radius 3 is 2.15 bits per heavy atom. The summed E-state index contributed by atoms with van der Waals surface area (Å²) in [5.74, 6) is -0.0478. The van der Waals surface area contributed by atoms with Crippen LogP contribution in [0.2, 0.25) is 0 Å². The quantitative estimate of drug-likeness (QED) is 0.587. The Hall–Kier alpha value is -0.660. The Morgan fingerprint density at radius 1 is 1.10 bits per heavy atom. The van der Waals surface area contributed by atoms with Gasteiger partial charge in [-0.2, -0.15) is 0 Å². The number of sulfone groups is 1. The number of nitrogens with one attached hydrogen (secondary N) is 2. The van der Waals surface area contributed by atoms with Gasteiger partial charge in [-0.15, -0.1) is 0 Å². The number of carbonyl (C=O) groups excluding carboxylic acids is 1. The minimum atomic E-state index is -3.11. The molecule has 0 aliphatic heterocycles. The number of hydrogen-bond acceptors (Lipinski definition) is 5. The maximum atomic E-state index is 11.7. The summed E-state index contributed by atoms with van der Waals surface area (Å²) in [5.41, 5.74) is 0. The highest BCUT2D eigenvalue weighted by atomic mass is 32.2. The molecule has 0 aromatic heterocycles. The van der Waals surface area contributed by atoms with Crippen molar-refractivity contribution < 1.29 is 13.2 Å². The van der Waals surface area contributed by atoms with Crippen molar-refractivity contribution in [3.63, 3.8) is 0 Å². The largest absolute Gasteiger partial charge is 0.354 e. The zero-order chi connectivity index (χ0) is 15.8. The van der Waals surface area contributed by atoms with Gasteiger partial charge in [0.05, 0.1) is 18.1 Å². The number of likely N-dealkylation sites (N-methyl/N-ethyl adjacent to an activating group) is 1. The van der Waals surface area contributed by atoms with Crippen LogP contribution in [0.5, 0.6) is 0 Å². The number of rotatable bonds is 10. The Balaban J connectivity index is 3.89. The summed E-state index contributed by atoms with van der Waals surface area (Å²) < 4.78 is 23.4. The van der Waals surface area contributed by atoms with Crippen LogP contribution in [0, 0.1) is 0 Å². The lowest BCUT2D eigenvalue weighted by atomic mass is 10.3. The summed E-state index contributed by atoms with van der Waals surface area (Å²) in [7, 11) is -1.25. The van der Waals surface area contributed by atoms with Gasteiger partial charge in [0.2, 0.25) is 5.91 Å². The van der Waals surface area contributed by atoms with Crippen LogP contribution < -0.4 is 10.6 Å². The Bertz CT molecular complexity index is 380. The van der Waals surface area contributed by atoms with Crippen molar-refractivity contribution in [1.82, 2.24) is 15.5 Å². The van der Waals surface area contributed by atoms with Crippen molar-refractivity contribution in [2.45, 2.75) is 39.8 Å². The molecule has 2 N–H and O–H groups in total. The standard InChI is InChI=1S/C13H29N3O3S/c1-11(2)14-6-8-20(18,19)9-7-15-13(17)10-16(5)12(3)4/h11-12,14H,6-10H2,1-5H3,(H,15,17). The van der Waals surface area contributed by atoms with E-state index in [9.17, 15) is 13.2 Å². The highest BCUT2D eigenvalue weighted by Gasteiger charge is 2.13. The van der Waals surface area contributed by atoms with Gasteiger partial charge in [0.1, 0.15) is 0 Å². The molecule has 0 aromatic rings. The van der Waals surface area contributed by atoms with Crippen LogP contribution in [0.1, 0.15) is 27.7 Å². The Labute approximate surface area is 123 Å². The monoisotopic (exact) mass is 307 g/mol. The van der Waals surface area contributed by atoms with E-state index < -0.39 is 9.84 Å². The Kier molecular flexibility index (Phi) is 9.00. The molecule has 6 nitrogen and oxygen atoms in total. The molecule has 7 heteroatoms. The molecule has 0 fully saturated rings. The van der Waals surface area contributed by atoms with E-state index in [0.717, 1.165) is 0 Å². The van der Waals surface area contributed by atoms with Crippen molar-refractivity contribution in [3.8, 4) is 0 Å². The number of hydrogen-bond donors (Lipinski definition) is 2. The van der Waals surface area contributed by atoms with Crippen molar-refractivity contribution >= 4 is 15.7 Å². The average molecular weight is 307 g/mol. The van der Waals surface area contributed by atoms with Gasteiger partial charge >= 0.3 is 0 Å². The smallest absolute Gasteiger partial charge is 0.234 e. The van der Waals surface area contributed by atoms with Crippen LogP contribution >= 0.6 is 0 Å². The van der Waals surface area contributed by atoms with E-state index in [4.69, 9.17) is 0 Å². The zero-order valence-electron chi connectivity index (χ0n) is 13.3. The van der Waals surface area contributed by atoms with Gasteiger partial charge in [0, 0.05) is 25.2 Å². The molecule has 0 radical (unpaired) electrons. The predicted molar refractivity (Wildman–Crippen MR) is 82.6 cm³/mol. The van der Waals surface area contributed by atoms with Gasteiger partial charge in [-0.05, 0) is 20.9 Å². The van der Waals surface area contributed by atoms with Crippen molar-refractivity contribution in [1.29, 1.82) is 0 Å². The van der Waals surface area contributed by atoms with Crippen molar-refractivity contribution in [2.75, 3.05) is 38.2 Å². The summed E-state index contributed by atoms with van der Waals surface area (Å²) in [6.45, 7) is 8.85. The summed E-state index contributed by atoms with van der Waals surface area (Å²) in [6, 6.07) is 0.558. The molecule has 0 bridgehead atoms. The zero-order valence-corrected chi connectivity index (χ0v) is 14.1. The molecule has 0 atom stereocenters. The van der Waals surface area contributed by atoms with Gasteiger partial charge in [-0.3, -0.25) is 9.69 Å².